The van der Waals surface area contributed by atoms with Crippen molar-refractivity contribution in [3.63, 3.8) is 0 Å². The van der Waals surface area contributed by atoms with Gasteiger partial charge in [-0.25, -0.2) is 13.2 Å². The Morgan fingerprint density at radius 2 is 1.93 bits per heavy atom. The maximum atomic E-state index is 11.5. The van der Waals surface area contributed by atoms with E-state index < -0.39 is 15.9 Å². The van der Waals surface area contributed by atoms with E-state index in [0.29, 0.717) is 25.3 Å². The second-order valence-electron chi connectivity index (χ2n) is 6.68. The molecule has 1 aliphatic rings. The normalized spacial score (nSPS) is 14.5. The zero-order valence-electron chi connectivity index (χ0n) is 15.8. The fraction of sp³-hybridized carbons (Fsp3) is 0.300. The number of carboxylic acid groups (broad SMARTS) is 1. The van der Waals surface area contributed by atoms with Gasteiger partial charge in [-0.1, -0.05) is 12.1 Å². The summed E-state index contributed by atoms with van der Waals surface area (Å²) >= 11 is 0. The first-order valence-electron chi connectivity index (χ1n) is 8.81. The average molecular weight is 402 g/mol. The molecule has 0 fully saturated rings. The number of nitrogens with zero attached hydrogens (tertiary/aromatic N) is 2. The Balaban J connectivity index is 1.65. The van der Waals surface area contributed by atoms with Crippen molar-refractivity contribution in [2.75, 3.05) is 19.3 Å². The van der Waals surface area contributed by atoms with Crippen LogP contribution in [0.25, 0.3) is 5.57 Å². The lowest BCUT2D eigenvalue weighted by atomic mass is 9.98. The van der Waals surface area contributed by atoms with Crippen molar-refractivity contribution in [2.45, 2.75) is 24.8 Å². The molecule has 28 heavy (non-hydrogen) atoms. The van der Waals surface area contributed by atoms with Crippen molar-refractivity contribution in [1.29, 1.82) is 0 Å². The van der Waals surface area contributed by atoms with Gasteiger partial charge in [0.1, 0.15) is 12.4 Å². The molecule has 0 saturated carbocycles. The van der Waals surface area contributed by atoms with Gasteiger partial charge in [0.15, 0.2) is 9.84 Å². The first-order chi connectivity index (χ1) is 13.2. The minimum atomic E-state index is -3.22. The summed E-state index contributed by atoms with van der Waals surface area (Å²) in [5.74, 6) is 0.569. The lowest BCUT2D eigenvalue weighted by Gasteiger charge is -2.24. The van der Waals surface area contributed by atoms with Gasteiger partial charge in [0.05, 0.1) is 10.6 Å². The van der Waals surface area contributed by atoms with Gasteiger partial charge in [0.25, 0.3) is 0 Å². The Hall–Kier alpha value is -2.87. The fourth-order valence-corrected chi connectivity index (χ4v) is 3.69. The molecule has 148 valence electrons. The van der Waals surface area contributed by atoms with Crippen LogP contribution >= 0.6 is 0 Å². The fourth-order valence-electron chi connectivity index (χ4n) is 3.06. The van der Waals surface area contributed by atoms with Gasteiger partial charge in [-0.2, -0.15) is 0 Å². The van der Waals surface area contributed by atoms with Crippen LogP contribution < -0.4 is 4.74 Å². The molecule has 0 bridgehead atoms. The molecule has 2 heterocycles. The Labute approximate surface area is 164 Å². The molecule has 1 aromatic heterocycles. The van der Waals surface area contributed by atoms with Gasteiger partial charge < -0.3 is 14.7 Å². The number of ether oxygens (including phenoxy) is 1. The van der Waals surface area contributed by atoms with E-state index in [1.165, 1.54) is 17.0 Å². The van der Waals surface area contributed by atoms with E-state index in [9.17, 15) is 13.2 Å². The van der Waals surface area contributed by atoms with Crippen molar-refractivity contribution in [3.05, 3.63) is 59.4 Å². The highest BCUT2D eigenvalue weighted by atomic mass is 32.2. The van der Waals surface area contributed by atoms with Crippen LogP contribution in [0.1, 0.15) is 23.4 Å². The smallest absolute Gasteiger partial charge is 0.407 e. The number of pyridine rings is 1. The summed E-state index contributed by atoms with van der Waals surface area (Å²) in [5, 5.41) is 9.03. The number of amides is 1. The summed E-state index contributed by atoms with van der Waals surface area (Å²) in [5.41, 5.74) is 3.75. The van der Waals surface area contributed by atoms with E-state index in [1.807, 2.05) is 25.1 Å². The summed E-state index contributed by atoms with van der Waals surface area (Å²) in [6, 6.07) is 10.1. The number of sulfone groups is 1. The highest BCUT2D eigenvalue weighted by molar-refractivity contribution is 7.90. The molecule has 1 amide bonds. The third-order valence-electron chi connectivity index (χ3n) is 4.61. The summed E-state index contributed by atoms with van der Waals surface area (Å²) in [6.07, 6.45) is 2.86. The van der Waals surface area contributed by atoms with Gasteiger partial charge in [-0.05, 0) is 54.8 Å². The maximum absolute atomic E-state index is 11.5. The molecule has 3 rings (SSSR count). The van der Waals surface area contributed by atoms with E-state index in [2.05, 4.69) is 4.98 Å². The minimum absolute atomic E-state index is 0.250. The lowest BCUT2D eigenvalue weighted by Crippen LogP contribution is -2.33. The molecule has 0 aliphatic carbocycles. The number of benzene rings is 1. The quantitative estimate of drug-likeness (QED) is 0.825. The highest BCUT2D eigenvalue weighted by Crippen LogP contribution is 2.25. The van der Waals surface area contributed by atoms with Crippen LogP contribution in [0.2, 0.25) is 0 Å². The molecular weight excluding hydrogens is 380 g/mol. The van der Waals surface area contributed by atoms with Crippen molar-refractivity contribution in [3.8, 4) is 5.75 Å². The summed E-state index contributed by atoms with van der Waals surface area (Å²) in [4.78, 5) is 17.2. The molecule has 1 aliphatic heterocycles. The predicted octanol–water partition coefficient (Wildman–Crippen LogP) is 3.14. The van der Waals surface area contributed by atoms with Gasteiger partial charge in [0.2, 0.25) is 0 Å². The number of hydrogen-bond acceptors (Lipinski definition) is 5. The molecule has 7 nitrogen and oxygen atoms in total. The average Bonchev–Trinajstić information content (AvgIpc) is 2.66. The van der Waals surface area contributed by atoms with E-state index in [-0.39, 0.29) is 11.5 Å². The lowest BCUT2D eigenvalue weighted by molar-refractivity contribution is 0.150. The Bertz CT molecular complexity index is 1010. The monoisotopic (exact) mass is 402 g/mol. The number of hydrogen-bond donors (Lipinski definition) is 1. The van der Waals surface area contributed by atoms with E-state index >= 15 is 0 Å². The van der Waals surface area contributed by atoms with E-state index in [1.54, 1.807) is 12.1 Å². The Morgan fingerprint density at radius 3 is 2.46 bits per heavy atom. The van der Waals surface area contributed by atoms with Crippen molar-refractivity contribution >= 4 is 21.5 Å². The Morgan fingerprint density at radius 1 is 1.21 bits per heavy atom. The zero-order chi connectivity index (χ0) is 20.3. The molecule has 0 saturated heterocycles. The zero-order valence-corrected chi connectivity index (χ0v) is 16.6. The molecule has 0 atom stereocenters. The number of rotatable bonds is 5. The molecule has 2 aromatic rings. The summed E-state index contributed by atoms with van der Waals surface area (Å²) < 4.78 is 28.7. The van der Waals surface area contributed by atoms with E-state index in [0.717, 1.165) is 28.8 Å². The van der Waals surface area contributed by atoms with Crippen molar-refractivity contribution < 1.29 is 23.1 Å². The van der Waals surface area contributed by atoms with Crippen LogP contribution in [-0.2, 0) is 16.4 Å². The molecule has 1 N–H and O–H groups in total. The first kappa shape index (κ1) is 19.9. The molecule has 0 spiro atoms. The third kappa shape index (κ3) is 4.69. The molecular formula is C20H22N2O5S. The van der Waals surface area contributed by atoms with Crippen molar-refractivity contribution in [1.82, 2.24) is 9.88 Å². The van der Waals surface area contributed by atoms with Crippen molar-refractivity contribution in [2.24, 2.45) is 0 Å². The topological polar surface area (TPSA) is 96.8 Å². The molecule has 8 heteroatoms. The molecule has 0 unspecified atom stereocenters. The van der Waals surface area contributed by atoms with Gasteiger partial charge in [-0.15, -0.1) is 0 Å². The van der Waals surface area contributed by atoms with E-state index in [4.69, 9.17) is 9.84 Å². The molecule has 1 aromatic carbocycles. The first-order valence-corrected chi connectivity index (χ1v) is 10.7. The van der Waals surface area contributed by atoms with Gasteiger partial charge in [-0.3, -0.25) is 4.98 Å². The maximum Gasteiger partial charge on any atom is 0.407 e. The van der Waals surface area contributed by atoms with Crippen LogP contribution in [0.15, 0.2) is 47.4 Å². The minimum Gasteiger partial charge on any atom is -0.487 e. The van der Waals surface area contributed by atoms with Crippen LogP contribution in [0.3, 0.4) is 0 Å². The van der Waals surface area contributed by atoms with Crippen LogP contribution in [0.5, 0.6) is 5.75 Å². The SMILES string of the molecule is Cc1nc(COc2ccc(S(C)(=O)=O)cc2)ccc1C1=CCN(C(=O)O)CC1. The second-order valence-corrected chi connectivity index (χ2v) is 8.69. The summed E-state index contributed by atoms with van der Waals surface area (Å²) in [7, 11) is -3.22. The third-order valence-corrected chi connectivity index (χ3v) is 5.74. The number of aryl methyl sites for hydroxylation is 1. The Kier molecular flexibility index (Phi) is 5.69. The largest absolute Gasteiger partial charge is 0.487 e. The highest BCUT2D eigenvalue weighted by Gasteiger charge is 2.18. The molecule has 0 radical (unpaired) electrons. The second kappa shape index (κ2) is 8.02. The standard InChI is InChI=1S/C20H22N2O5S/c1-14-19(15-9-11-22(12-10-15)20(23)24)8-3-16(21-14)13-27-17-4-6-18(7-5-17)28(2,25)26/h3-9H,10-13H2,1-2H3,(H,23,24). The predicted molar refractivity (Wildman–Crippen MR) is 105 cm³/mol. The van der Waals surface area contributed by atoms with Crippen LogP contribution in [0.4, 0.5) is 4.79 Å². The number of carbonyl (C=O) groups is 1. The summed E-state index contributed by atoms with van der Waals surface area (Å²) in [6.45, 7) is 3.06. The van der Waals surface area contributed by atoms with Crippen LogP contribution in [0, 0.1) is 6.92 Å². The van der Waals surface area contributed by atoms with Gasteiger partial charge in [0, 0.05) is 25.0 Å². The number of aromatic nitrogens is 1. The van der Waals surface area contributed by atoms with Crippen LogP contribution in [-0.4, -0.2) is 48.8 Å². The van der Waals surface area contributed by atoms with Gasteiger partial charge >= 0.3 is 6.09 Å².